The van der Waals surface area contributed by atoms with Gasteiger partial charge in [0.15, 0.2) is 0 Å². The highest BCUT2D eigenvalue weighted by Crippen LogP contribution is 2.05. The molecule has 0 saturated carbocycles. The maximum absolute atomic E-state index is 12.8. The molecule has 0 fully saturated rings. The minimum absolute atomic E-state index is 0.167. The van der Waals surface area contributed by atoms with E-state index in [-0.39, 0.29) is 5.82 Å². The van der Waals surface area contributed by atoms with Crippen molar-refractivity contribution < 1.29 is 4.39 Å². The average Bonchev–Trinajstić information content (AvgIpc) is 2.40. The van der Waals surface area contributed by atoms with E-state index in [0.717, 1.165) is 19.5 Å². The molecule has 2 atom stereocenters. The lowest BCUT2D eigenvalue weighted by atomic mass is 10.1. The van der Waals surface area contributed by atoms with Crippen molar-refractivity contribution in [1.29, 1.82) is 0 Å². The quantitative estimate of drug-likeness (QED) is 0.778. The fraction of sp³-hybridized carbons (Fsp3) is 0.625. The van der Waals surface area contributed by atoms with Gasteiger partial charge < -0.3 is 10.2 Å². The summed E-state index contributed by atoms with van der Waals surface area (Å²) in [5.74, 6) is -0.167. The predicted octanol–water partition coefficient (Wildman–Crippen LogP) is 3.08. The molecule has 0 aliphatic carbocycles. The Hall–Kier alpha value is -0.930. The van der Waals surface area contributed by atoms with E-state index < -0.39 is 0 Å². The van der Waals surface area contributed by atoms with Crippen molar-refractivity contribution in [3.05, 3.63) is 35.6 Å². The Morgan fingerprint density at radius 1 is 1.21 bits per heavy atom. The molecule has 2 unspecified atom stereocenters. The highest BCUT2D eigenvalue weighted by atomic mass is 19.1. The summed E-state index contributed by atoms with van der Waals surface area (Å²) in [4.78, 5) is 2.37. The van der Waals surface area contributed by atoms with Gasteiger partial charge in [0.05, 0.1) is 0 Å². The first-order valence-electron chi connectivity index (χ1n) is 7.21. The van der Waals surface area contributed by atoms with E-state index in [1.165, 1.54) is 24.1 Å². The third kappa shape index (κ3) is 6.17. The number of hydrogen-bond donors (Lipinski definition) is 1. The summed E-state index contributed by atoms with van der Waals surface area (Å²) in [6.45, 7) is 8.69. The summed E-state index contributed by atoms with van der Waals surface area (Å²) in [6, 6.07) is 7.82. The molecular formula is C16H27FN2. The van der Waals surface area contributed by atoms with Crippen molar-refractivity contribution in [2.24, 2.45) is 0 Å². The Kier molecular flexibility index (Phi) is 7.03. The van der Waals surface area contributed by atoms with Crippen LogP contribution in [-0.2, 0) is 6.42 Å². The zero-order valence-corrected chi connectivity index (χ0v) is 12.6. The molecule has 19 heavy (non-hydrogen) atoms. The summed E-state index contributed by atoms with van der Waals surface area (Å²) >= 11 is 0. The topological polar surface area (TPSA) is 15.3 Å². The fourth-order valence-corrected chi connectivity index (χ4v) is 2.07. The Morgan fingerprint density at radius 3 is 2.42 bits per heavy atom. The Morgan fingerprint density at radius 2 is 1.84 bits per heavy atom. The number of nitrogens with one attached hydrogen (secondary N) is 1. The molecule has 0 bridgehead atoms. The molecule has 0 aromatic heterocycles. The van der Waals surface area contributed by atoms with Gasteiger partial charge in [-0.05, 0) is 51.4 Å². The fourth-order valence-electron chi connectivity index (χ4n) is 2.07. The standard InChI is InChI=1S/C16H27FN2/c1-5-14(3)19(4)11-10-18-13(2)12-15-6-8-16(17)9-7-15/h6-9,13-14,18H,5,10-12H2,1-4H3. The lowest BCUT2D eigenvalue weighted by Crippen LogP contribution is -2.38. The van der Waals surface area contributed by atoms with E-state index in [9.17, 15) is 4.39 Å². The Balaban J connectivity index is 2.24. The van der Waals surface area contributed by atoms with Crippen molar-refractivity contribution in [3.63, 3.8) is 0 Å². The van der Waals surface area contributed by atoms with Crippen LogP contribution in [0.1, 0.15) is 32.8 Å². The van der Waals surface area contributed by atoms with E-state index >= 15 is 0 Å². The largest absolute Gasteiger partial charge is 0.313 e. The molecule has 0 heterocycles. The van der Waals surface area contributed by atoms with Crippen LogP contribution in [0.5, 0.6) is 0 Å². The molecule has 2 nitrogen and oxygen atoms in total. The van der Waals surface area contributed by atoms with Gasteiger partial charge in [-0.3, -0.25) is 0 Å². The van der Waals surface area contributed by atoms with Gasteiger partial charge in [-0.1, -0.05) is 19.1 Å². The first-order valence-corrected chi connectivity index (χ1v) is 7.21. The monoisotopic (exact) mass is 266 g/mol. The van der Waals surface area contributed by atoms with E-state index in [4.69, 9.17) is 0 Å². The maximum atomic E-state index is 12.8. The van der Waals surface area contributed by atoms with Gasteiger partial charge in [0.1, 0.15) is 5.82 Å². The third-order valence-corrected chi connectivity index (χ3v) is 3.76. The molecule has 3 heteroatoms. The van der Waals surface area contributed by atoms with Crippen molar-refractivity contribution in [2.75, 3.05) is 20.1 Å². The number of likely N-dealkylation sites (N-methyl/N-ethyl adjacent to an activating group) is 1. The number of halogens is 1. The van der Waals surface area contributed by atoms with Crippen LogP contribution in [0.15, 0.2) is 24.3 Å². The predicted molar refractivity (Wildman–Crippen MR) is 80.0 cm³/mol. The summed E-state index contributed by atoms with van der Waals surface area (Å²) in [5.41, 5.74) is 1.18. The van der Waals surface area contributed by atoms with Crippen LogP contribution in [0.25, 0.3) is 0 Å². The molecule has 0 saturated heterocycles. The molecule has 0 spiro atoms. The van der Waals surface area contributed by atoms with Crippen LogP contribution in [-0.4, -0.2) is 37.1 Å². The first-order chi connectivity index (χ1) is 9.02. The minimum atomic E-state index is -0.167. The summed E-state index contributed by atoms with van der Waals surface area (Å²) in [7, 11) is 2.17. The zero-order valence-electron chi connectivity index (χ0n) is 12.6. The van der Waals surface area contributed by atoms with E-state index in [1.54, 1.807) is 0 Å². The van der Waals surface area contributed by atoms with Crippen molar-refractivity contribution in [2.45, 2.75) is 45.7 Å². The molecular weight excluding hydrogens is 239 g/mol. The normalized spacial score (nSPS) is 14.6. The van der Waals surface area contributed by atoms with Gasteiger partial charge >= 0.3 is 0 Å². The summed E-state index contributed by atoms with van der Waals surface area (Å²) < 4.78 is 12.8. The highest BCUT2D eigenvalue weighted by molar-refractivity contribution is 5.16. The highest BCUT2D eigenvalue weighted by Gasteiger charge is 2.07. The Bertz CT molecular complexity index is 350. The number of rotatable bonds is 8. The zero-order chi connectivity index (χ0) is 14.3. The number of hydrogen-bond acceptors (Lipinski definition) is 2. The van der Waals surface area contributed by atoms with Gasteiger partial charge in [-0.2, -0.15) is 0 Å². The van der Waals surface area contributed by atoms with Crippen LogP contribution in [0.4, 0.5) is 4.39 Å². The van der Waals surface area contributed by atoms with E-state index in [1.807, 2.05) is 12.1 Å². The lowest BCUT2D eigenvalue weighted by molar-refractivity contribution is 0.249. The van der Waals surface area contributed by atoms with Gasteiger partial charge in [0, 0.05) is 25.2 Å². The number of benzene rings is 1. The minimum Gasteiger partial charge on any atom is -0.313 e. The average molecular weight is 266 g/mol. The van der Waals surface area contributed by atoms with Crippen LogP contribution < -0.4 is 5.32 Å². The first kappa shape index (κ1) is 16.1. The summed E-state index contributed by atoms with van der Waals surface area (Å²) in [6.07, 6.45) is 2.12. The van der Waals surface area contributed by atoms with Gasteiger partial charge in [0.2, 0.25) is 0 Å². The SMILES string of the molecule is CCC(C)N(C)CCNC(C)Cc1ccc(F)cc1. The van der Waals surface area contributed by atoms with Crippen LogP contribution in [0.2, 0.25) is 0 Å². The van der Waals surface area contributed by atoms with Crippen LogP contribution >= 0.6 is 0 Å². The smallest absolute Gasteiger partial charge is 0.123 e. The molecule has 1 aromatic carbocycles. The lowest BCUT2D eigenvalue weighted by Gasteiger charge is -2.24. The van der Waals surface area contributed by atoms with Gasteiger partial charge in [0.25, 0.3) is 0 Å². The molecule has 0 radical (unpaired) electrons. The van der Waals surface area contributed by atoms with Gasteiger partial charge in [-0.25, -0.2) is 4.39 Å². The van der Waals surface area contributed by atoms with Crippen molar-refractivity contribution in [3.8, 4) is 0 Å². The van der Waals surface area contributed by atoms with Crippen molar-refractivity contribution >= 4 is 0 Å². The Labute approximate surface area is 117 Å². The maximum Gasteiger partial charge on any atom is 0.123 e. The summed E-state index contributed by atoms with van der Waals surface area (Å²) in [5, 5.41) is 3.52. The van der Waals surface area contributed by atoms with Crippen molar-refractivity contribution in [1.82, 2.24) is 10.2 Å². The van der Waals surface area contributed by atoms with Crippen LogP contribution in [0, 0.1) is 5.82 Å². The molecule has 108 valence electrons. The van der Waals surface area contributed by atoms with Crippen LogP contribution in [0.3, 0.4) is 0 Å². The molecule has 1 N–H and O–H groups in total. The second-order valence-corrected chi connectivity index (χ2v) is 5.42. The van der Waals surface area contributed by atoms with E-state index in [0.29, 0.717) is 12.1 Å². The second kappa shape index (κ2) is 8.28. The molecule has 0 amide bonds. The van der Waals surface area contributed by atoms with Gasteiger partial charge in [-0.15, -0.1) is 0 Å². The molecule has 1 aromatic rings. The molecule has 0 aliphatic heterocycles. The molecule has 0 aliphatic rings. The van der Waals surface area contributed by atoms with E-state index in [2.05, 4.69) is 38.0 Å². The third-order valence-electron chi connectivity index (χ3n) is 3.76. The number of nitrogens with zero attached hydrogens (tertiary/aromatic N) is 1. The second-order valence-electron chi connectivity index (χ2n) is 5.42. The molecule has 1 rings (SSSR count).